The first kappa shape index (κ1) is 13.7. The van der Waals surface area contributed by atoms with E-state index in [1.807, 2.05) is 18.5 Å². The summed E-state index contributed by atoms with van der Waals surface area (Å²) in [7, 11) is 0. The van der Waals surface area contributed by atoms with Gasteiger partial charge in [0.2, 0.25) is 0 Å². The molecule has 2 nitrogen and oxygen atoms in total. The molecule has 2 aliphatic rings. The fraction of sp³-hybridized carbons (Fsp3) is 0.182. The molecule has 0 amide bonds. The maximum Gasteiger partial charge on any atom is 0.0699 e. The summed E-state index contributed by atoms with van der Waals surface area (Å²) in [5.41, 5.74) is 8.87. The van der Waals surface area contributed by atoms with Crippen molar-refractivity contribution < 1.29 is 0 Å². The minimum absolute atomic E-state index is 0.562. The molecule has 116 valence electrons. The van der Waals surface area contributed by atoms with Gasteiger partial charge in [0.25, 0.3) is 0 Å². The van der Waals surface area contributed by atoms with Crippen LogP contribution in [0.1, 0.15) is 29.0 Å². The molecule has 3 aromatic rings. The normalized spacial score (nSPS) is 20.8. The number of fused-ring (bicyclic) bond motifs is 3. The van der Waals surface area contributed by atoms with Crippen LogP contribution >= 0.6 is 0 Å². The molecule has 1 saturated carbocycles. The Morgan fingerprint density at radius 2 is 1.71 bits per heavy atom. The highest BCUT2D eigenvalue weighted by Crippen LogP contribution is 2.55. The summed E-state index contributed by atoms with van der Waals surface area (Å²) in [5, 5.41) is 0. The zero-order valence-corrected chi connectivity index (χ0v) is 13.6. The van der Waals surface area contributed by atoms with E-state index in [-0.39, 0.29) is 0 Å². The van der Waals surface area contributed by atoms with Crippen molar-refractivity contribution in [3.8, 4) is 11.1 Å². The van der Waals surface area contributed by atoms with Crippen molar-refractivity contribution in [3.63, 3.8) is 0 Å². The number of nitrogens with zero attached hydrogens (tertiary/aromatic N) is 2. The summed E-state index contributed by atoms with van der Waals surface area (Å²) >= 11 is 0. The summed E-state index contributed by atoms with van der Waals surface area (Å²) in [6, 6.07) is 19.2. The lowest BCUT2D eigenvalue weighted by Crippen LogP contribution is -2.11. The third-order valence-corrected chi connectivity index (χ3v) is 5.30. The van der Waals surface area contributed by atoms with Crippen LogP contribution in [0.5, 0.6) is 0 Å². The van der Waals surface area contributed by atoms with Crippen molar-refractivity contribution >= 4 is 11.4 Å². The second kappa shape index (κ2) is 5.13. The molecule has 2 atom stereocenters. The van der Waals surface area contributed by atoms with Crippen LogP contribution < -0.4 is 0 Å². The number of pyridine rings is 1. The molecule has 2 heterocycles. The van der Waals surface area contributed by atoms with Crippen molar-refractivity contribution in [1.29, 1.82) is 0 Å². The Labute approximate surface area is 141 Å². The summed E-state index contributed by atoms with van der Waals surface area (Å²) in [5.74, 6) is 1.17. The van der Waals surface area contributed by atoms with Gasteiger partial charge in [0, 0.05) is 18.3 Å². The number of benzene rings is 2. The Morgan fingerprint density at radius 3 is 2.58 bits per heavy atom. The van der Waals surface area contributed by atoms with E-state index in [4.69, 9.17) is 4.99 Å². The lowest BCUT2D eigenvalue weighted by atomic mass is 9.91. The minimum Gasteiger partial charge on any atom is -0.264 e. The highest BCUT2D eigenvalue weighted by molar-refractivity contribution is 6.09. The Morgan fingerprint density at radius 1 is 0.875 bits per heavy atom. The molecule has 24 heavy (non-hydrogen) atoms. The summed E-state index contributed by atoms with van der Waals surface area (Å²) in [6.45, 7) is 2.22. The molecule has 1 aliphatic heterocycles. The van der Waals surface area contributed by atoms with E-state index in [0.29, 0.717) is 11.8 Å². The first-order valence-electron chi connectivity index (χ1n) is 8.51. The zero-order valence-electron chi connectivity index (χ0n) is 13.6. The second-order valence-corrected chi connectivity index (χ2v) is 6.72. The van der Waals surface area contributed by atoms with Crippen molar-refractivity contribution in [3.05, 3.63) is 83.7 Å². The Bertz CT molecular complexity index is 957. The van der Waals surface area contributed by atoms with E-state index in [9.17, 15) is 0 Å². The van der Waals surface area contributed by atoms with Crippen LogP contribution in [0.25, 0.3) is 11.1 Å². The van der Waals surface area contributed by atoms with Gasteiger partial charge in [0.15, 0.2) is 0 Å². The van der Waals surface area contributed by atoms with Gasteiger partial charge < -0.3 is 0 Å². The predicted molar refractivity (Wildman–Crippen MR) is 97.9 cm³/mol. The first-order chi connectivity index (χ1) is 11.8. The molecule has 2 unspecified atom stereocenters. The van der Waals surface area contributed by atoms with Gasteiger partial charge in [-0.15, -0.1) is 0 Å². The van der Waals surface area contributed by atoms with Crippen molar-refractivity contribution in [2.75, 3.05) is 0 Å². The van der Waals surface area contributed by atoms with Gasteiger partial charge in [0.1, 0.15) is 0 Å². The molecule has 1 aromatic heterocycles. The maximum atomic E-state index is 5.01. The average Bonchev–Trinajstić information content (AvgIpc) is 3.43. The molecule has 1 fully saturated rings. The minimum atomic E-state index is 0.562. The third-order valence-electron chi connectivity index (χ3n) is 5.30. The molecule has 0 bridgehead atoms. The van der Waals surface area contributed by atoms with E-state index in [1.54, 1.807) is 0 Å². The molecule has 2 heteroatoms. The number of hydrogen-bond acceptors (Lipinski definition) is 2. The van der Waals surface area contributed by atoms with Gasteiger partial charge in [0.05, 0.1) is 11.4 Å². The SMILES string of the molecule is Cc1c(C2=Nc3ccncc3C3CC23)cccc1-c1ccccc1. The highest BCUT2D eigenvalue weighted by Gasteiger charge is 2.46. The predicted octanol–water partition coefficient (Wildman–Crippen LogP) is 5.29. The molecule has 0 spiro atoms. The van der Waals surface area contributed by atoms with Gasteiger partial charge in [-0.05, 0) is 53.1 Å². The summed E-state index contributed by atoms with van der Waals surface area (Å²) in [4.78, 5) is 9.29. The van der Waals surface area contributed by atoms with E-state index >= 15 is 0 Å². The van der Waals surface area contributed by atoms with Crippen LogP contribution in [0, 0.1) is 12.8 Å². The molecule has 2 aromatic carbocycles. The standard InChI is InChI=1S/C22H18N2/c1-14-16(15-6-3-2-4-7-15)8-5-9-17(14)22-19-12-18(19)20-13-23-11-10-21(20)24-22/h2-11,13,18-19H,12H2,1H3. The lowest BCUT2D eigenvalue weighted by Gasteiger charge is -2.18. The van der Waals surface area contributed by atoms with Gasteiger partial charge in [-0.25, -0.2) is 0 Å². The van der Waals surface area contributed by atoms with E-state index in [2.05, 4.69) is 60.4 Å². The van der Waals surface area contributed by atoms with Crippen molar-refractivity contribution in [2.45, 2.75) is 19.3 Å². The number of rotatable bonds is 2. The Balaban J connectivity index is 1.66. The number of aliphatic imine (C=N–C) groups is 1. The molecular weight excluding hydrogens is 292 g/mol. The van der Waals surface area contributed by atoms with E-state index in [1.165, 1.54) is 39.9 Å². The van der Waals surface area contributed by atoms with Gasteiger partial charge >= 0.3 is 0 Å². The van der Waals surface area contributed by atoms with Crippen LogP contribution in [0.4, 0.5) is 5.69 Å². The fourth-order valence-electron chi connectivity index (χ4n) is 3.94. The summed E-state index contributed by atoms with van der Waals surface area (Å²) in [6.07, 6.45) is 5.04. The molecule has 0 saturated heterocycles. The Hall–Kier alpha value is -2.74. The second-order valence-electron chi connectivity index (χ2n) is 6.72. The van der Waals surface area contributed by atoms with Gasteiger partial charge in [-0.2, -0.15) is 0 Å². The lowest BCUT2D eigenvalue weighted by molar-refractivity contribution is 0.999. The average molecular weight is 310 g/mol. The monoisotopic (exact) mass is 310 g/mol. The fourth-order valence-corrected chi connectivity index (χ4v) is 3.94. The van der Waals surface area contributed by atoms with Gasteiger partial charge in [-0.3, -0.25) is 9.98 Å². The van der Waals surface area contributed by atoms with Crippen molar-refractivity contribution in [2.24, 2.45) is 10.9 Å². The number of aromatic nitrogens is 1. The van der Waals surface area contributed by atoms with Crippen LogP contribution in [-0.2, 0) is 0 Å². The van der Waals surface area contributed by atoms with Gasteiger partial charge in [-0.1, -0.05) is 48.5 Å². The topological polar surface area (TPSA) is 25.2 Å². The quantitative estimate of drug-likeness (QED) is 0.631. The largest absolute Gasteiger partial charge is 0.264 e. The molecule has 0 N–H and O–H groups in total. The first-order valence-corrected chi connectivity index (χ1v) is 8.51. The van der Waals surface area contributed by atoms with Crippen LogP contribution in [0.15, 0.2) is 72.0 Å². The smallest absolute Gasteiger partial charge is 0.0699 e. The third kappa shape index (κ3) is 2.03. The zero-order chi connectivity index (χ0) is 16.1. The number of hydrogen-bond donors (Lipinski definition) is 0. The molecular formula is C22H18N2. The molecule has 0 radical (unpaired) electrons. The Kier molecular flexibility index (Phi) is 2.93. The van der Waals surface area contributed by atoms with Crippen molar-refractivity contribution in [1.82, 2.24) is 4.98 Å². The highest BCUT2D eigenvalue weighted by atomic mass is 14.8. The maximum absolute atomic E-state index is 5.01. The summed E-state index contributed by atoms with van der Waals surface area (Å²) < 4.78 is 0. The van der Waals surface area contributed by atoms with E-state index in [0.717, 1.165) is 5.69 Å². The van der Waals surface area contributed by atoms with E-state index < -0.39 is 0 Å². The molecule has 1 aliphatic carbocycles. The molecule has 5 rings (SSSR count). The van der Waals surface area contributed by atoms with Crippen LogP contribution in [0.2, 0.25) is 0 Å². The van der Waals surface area contributed by atoms with Crippen LogP contribution in [0.3, 0.4) is 0 Å². The van der Waals surface area contributed by atoms with Crippen LogP contribution in [-0.4, -0.2) is 10.7 Å².